The third-order valence-corrected chi connectivity index (χ3v) is 4.09. The monoisotopic (exact) mass is 333 g/mol. The second-order valence-corrected chi connectivity index (χ2v) is 6.02. The first-order valence-corrected chi connectivity index (χ1v) is 7.37. The molecule has 0 unspecified atom stereocenters. The first-order chi connectivity index (χ1) is 9.56. The fourth-order valence-corrected chi connectivity index (χ4v) is 3.23. The second-order valence-electron chi connectivity index (χ2n) is 5.10. The minimum absolute atomic E-state index is 0.0314. The number of halogens is 1. The Morgan fingerprint density at radius 3 is 2.85 bits per heavy atom. The molecule has 0 spiro atoms. The van der Waals surface area contributed by atoms with Crippen LogP contribution in [0.4, 0.5) is 11.4 Å². The highest BCUT2D eigenvalue weighted by molar-refractivity contribution is 9.10. The summed E-state index contributed by atoms with van der Waals surface area (Å²) in [6.07, 6.45) is 3.83. The zero-order valence-electron chi connectivity index (χ0n) is 11.3. The van der Waals surface area contributed by atoms with Gasteiger partial charge in [0.1, 0.15) is 5.69 Å². The van der Waals surface area contributed by atoms with Crippen LogP contribution in [0.15, 0.2) is 34.9 Å². The van der Waals surface area contributed by atoms with E-state index < -0.39 is 0 Å². The number of nitrogens with two attached hydrogens (primary N) is 1. The molecule has 2 heterocycles. The molecule has 0 saturated heterocycles. The van der Waals surface area contributed by atoms with Crippen LogP contribution < -0.4 is 10.6 Å². The summed E-state index contributed by atoms with van der Waals surface area (Å²) in [6.45, 7) is 0.749. The largest absolute Gasteiger partial charge is 0.399 e. The maximum Gasteiger partial charge on any atom is 0.274 e. The number of benzene rings is 1. The predicted molar refractivity (Wildman–Crippen MR) is 84.0 cm³/mol. The van der Waals surface area contributed by atoms with Gasteiger partial charge in [0, 0.05) is 35.6 Å². The Labute approximate surface area is 126 Å². The molecule has 1 aromatic heterocycles. The van der Waals surface area contributed by atoms with Crippen molar-refractivity contribution in [1.82, 2.24) is 4.57 Å². The molecule has 2 N–H and O–H groups in total. The van der Waals surface area contributed by atoms with Crippen LogP contribution in [0.2, 0.25) is 0 Å². The summed E-state index contributed by atoms with van der Waals surface area (Å²) in [5.74, 6) is 0.0314. The third kappa shape index (κ3) is 2.22. The van der Waals surface area contributed by atoms with Gasteiger partial charge in [0.15, 0.2) is 0 Å². The van der Waals surface area contributed by atoms with Crippen LogP contribution in [-0.4, -0.2) is 17.0 Å². The van der Waals surface area contributed by atoms with E-state index >= 15 is 0 Å². The van der Waals surface area contributed by atoms with Gasteiger partial charge >= 0.3 is 0 Å². The van der Waals surface area contributed by atoms with Crippen LogP contribution in [-0.2, 0) is 13.5 Å². The molecular weight excluding hydrogens is 318 g/mol. The molecule has 0 atom stereocenters. The first kappa shape index (κ1) is 13.2. The molecule has 2 aromatic rings. The van der Waals surface area contributed by atoms with Gasteiger partial charge in [0.2, 0.25) is 0 Å². The van der Waals surface area contributed by atoms with Crippen molar-refractivity contribution in [2.75, 3.05) is 17.2 Å². The highest BCUT2D eigenvalue weighted by Gasteiger charge is 2.25. The maximum absolute atomic E-state index is 12.7. The van der Waals surface area contributed by atoms with E-state index in [-0.39, 0.29) is 5.91 Å². The summed E-state index contributed by atoms with van der Waals surface area (Å²) in [7, 11) is 1.88. The molecule has 3 rings (SSSR count). The van der Waals surface area contributed by atoms with Gasteiger partial charge in [-0.2, -0.15) is 0 Å². The van der Waals surface area contributed by atoms with Gasteiger partial charge in [-0.05, 0) is 58.6 Å². The summed E-state index contributed by atoms with van der Waals surface area (Å²) < 4.78 is 2.76. The summed E-state index contributed by atoms with van der Waals surface area (Å²) in [6, 6.07) is 7.62. The molecule has 1 aliphatic heterocycles. The number of aromatic nitrogens is 1. The van der Waals surface area contributed by atoms with Crippen LogP contribution in [0.5, 0.6) is 0 Å². The highest BCUT2D eigenvalue weighted by atomic mass is 79.9. The maximum atomic E-state index is 12.7. The van der Waals surface area contributed by atoms with Gasteiger partial charge in [0.25, 0.3) is 5.91 Å². The van der Waals surface area contributed by atoms with Crippen molar-refractivity contribution in [2.45, 2.75) is 12.8 Å². The quantitative estimate of drug-likeness (QED) is 0.815. The van der Waals surface area contributed by atoms with Gasteiger partial charge in [-0.25, -0.2) is 0 Å². The lowest BCUT2D eigenvalue weighted by molar-refractivity contribution is 0.0977. The Hall–Kier alpha value is -1.75. The van der Waals surface area contributed by atoms with Gasteiger partial charge in [-0.1, -0.05) is 0 Å². The highest BCUT2D eigenvalue weighted by Crippen LogP contribution is 2.30. The zero-order chi connectivity index (χ0) is 14.3. The average molecular weight is 334 g/mol. The molecule has 5 heteroatoms. The van der Waals surface area contributed by atoms with E-state index in [4.69, 9.17) is 5.73 Å². The lowest BCUT2D eigenvalue weighted by atomic mass is 10.0. The van der Waals surface area contributed by atoms with Crippen molar-refractivity contribution in [3.8, 4) is 0 Å². The third-order valence-electron chi connectivity index (χ3n) is 3.66. The number of nitrogens with zero attached hydrogens (tertiary/aromatic N) is 2. The molecule has 0 saturated carbocycles. The van der Waals surface area contributed by atoms with Gasteiger partial charge < -0.3 is 15.2 Å². The Morgan fingerprint density at radius 2 is 2.15 bits per heavy atom. The number of amides is 1. The minimum atomic E-state index is 0.0314. The molecule has 104 valence electrons. The second kappa shape index (κ2) is 4.98. The molecule has 0 bridgehead atoms. The summed E-state index contributed by atoms with van der Waals surface area (Å²) in [5.41, 5.74) is 9.39. The summed E-state index contributed by atoms with van der Waals surface area (Å²) in [4.78, 5) is 14.6. The summed E-state index contributed by atoms with van der Waals surface area (Å²) >= 11 is 3.41. The normalized spacial score (nSPS) is 14.2. The van der Waals surface area contributed by atoms with E-state index in [1.807, 2.05) is 47.0 Å². The molecule has 0 fully saturated rings. The van der Waals surface area contributed by atoms with Crippen molar-refractivity contribution in [3.05, 3.63) is 46.2 Å². The van der Waals surface area contributed by atoms with Crippen molar-refractivity contribution in [3.63, 3.8) is 0 Å². The molecule has 4 nitrogen and oxygen atoms in total. The molecule has 20 heavy (non-hydrogen) atoms. The number of hydrogen-bond donors (Lipinski definition) is 1. The predicted octanol–water partition coefficient (Wildman–Crippen LogP) is 2.96. The molecule has 0 radical (unpaired) electrons. The van der Waals surface area contributed by atoms with Crippen LogP contribution in [0.25, 0.3) is 0 Å². The van der Waals surface area contributed by atoms with E-state index in [1.54, 1.807) is 0 Å². The van der Waals surface area contributed by atoms with Crippen LogP contribution in [0, 0.1) is 0 Å². The lowest BCUT2D eigenvalue weighted by Gasteiger charge is -2.29. The topological polar surface area (TPSA) is 51.3 Å². The van der Waals surface area contributed by atoms with Gasteiger partial charge in [-0.15, -0.1) is 0 Å². The average Bonchev–Trinajstić information content (AvgIpc) is 2.76. The summed E-state index contributed by atoms with van der Waals surface area (Å²) in [5, 5.41) is 0. The zero-order valence-corrected chi connectivity index (χ0v) is 12.9. The number of hydrogen-bond acceptors (Lipinski definition) is 2. The fourth-order valence-electron chi connectivity index (χ4n) is 2.70. The minimum Gasteiger partial charge on any atom is -0.399 e. The molecule has 1 aliphatic rings. The van der Waals surface area contributed by atoms with Crippen molar-refractivity contribution < 1.29 is 4.79 Å². The van der Waals surface area contributed by atoms with E-state index in [9.17, 15) is 4.79 Å². The van der Waals surface area contributed by atoms with Gasteiger partial charge in [-0.3, -0.25) is 4.79 Å². The number of carbonyl (C=O) groups excluding carboxylic acids is 1. The van der Waals surface area contributed by atoms with E-state index in [1.165, 1.54) is 0 Å². The van der Waals surface area contributed by atoms with Crippen LogP contribution >= 0.6 is 15.9 Å². The smallest absolute Gasteiger partial charge is 0.274 e. The Balaban J connectivity index is 2.00. The van der Waals surface area contributed by atoms with Crippen molar-refractivity contribution >= 4 is 33.2 Å². The molecular formula is C15H16BrN3O. The Morgan fingerprint density at radius 1 is 1.35 bits per heavy atom. The Kier molecular flexibility index (Phi) is 3.30. The number of anilines is 2. The SMILES string of the molecule is Cn1cc(Br)cc1C(=O)N1CCCc2cc(N)ccc21. The first-order valence-electron chi connectivity index (χ1n) is 6.58. The number of aryl methyl sites for hydroxylation is 2. The van der Waals surface area contributed by atoms with E-state index in [0.29, 0.717) is 5.69 Å². The molecule has 1 aromatic carbocycles. The fraction of sp³-hybridized carbons (Fsp3) is 0.267. The van der Waals surface area contributed by atoms with Crippen LogP contribution in [0.3, 0.4) is 0 Å². The number of carbonyl (C=O) groups is 1. The number of nitrogen functional groups attached to an aromatic ring is 1. The van der Waals surface area contributed by atoms with Gasteiger partial charge in [0.05, 0.1) is 0 Å². The van der Waals surface area contributed by atoms with Crippen LogP contribution in [0.1, 0.15) is 22.5 Å². The Bertz CT molecular complexity index is 678. The number of fused-ring (bicyclic) bond motifs is 1. The van der Waals surface area contributed by atoms with Crippen molar-refractivity contribution in [2.24, 2.45) is 7.05 Å². The van der Waals surface area contributed by atoms with Crippen molar-refractivity contribution in [1.29, 1.82) is 0 Å². The van der Waals surface area contributed by atoms with E-state index in [2.05, 4.69) is 15.9 Å². The lowest BCUT2D eigenvalue weighted by Crippen LogP contribution is -2.36. The standard InChI is InChI=1S/C15H16BrN3O/c1-18-9-11(16)8-14(18)15(20)19-6-2-3-10-7-12(17)4-5-13(10)19/h4-5,7-9H,2-3,6,17H2,1H3. The molecule has 1 amide bonds. The molecule has 0 aliphatic carbocycles. The number of rotatable bonds is 1. The van der Waals surface area contributed by atoms with E-state index in [0.717, 1.165) is 40.8 Å².